The van der Waals surface area contributed by atoms with Gasteiger partial charge in [0, 0.05) is 47.6 Å². The van der Waals surface area contributed by atoms with E-state index in [0.29, 0.717) is 5.92 Å². The molecule has 4 heterocycles. The number of thiophene rings is 1. The van der Waals surface area contributed by atoms with Gasteiger partial charge < -0.3 is 14.3 Å². The van der Waals surface area contributed by atoms with E-state index in [-0.39, 0.29) is 5.91 Å². The van der Waals surface area contributed by atoms with E-state index in [1.807, 2.05) is 28.4 Å². The third-order valence-corrected chi connectivity index (χ3v) is 8.47. The number of benzene rings is 1. The molecule has 0 unspecified atom stereocenters. The van der Waals surface area contributed by atoms with Crippen LogP contribution in [0.2, 0.25) is 0 Å². The van der Waals surface area contributed by atoms with Crippen LogP contribution < -0.4 is 0 Å². The number of amides is 1. The summed E-state index contributed by atoms with van der Waals surface area (Å²) in [6.07, 6.45) is 5.49. The summed E-state index contributed by atoms with van der Waals surface area (Å²) in [6, 6.07) is 8.21. The van der Waals surface area contributed by atoms with Crippen molar-refractivity contribution in [3.8, 4) is 0 Å². The number of nitrogens with zero attached hydrogens (tertiary/aromatic N) is 3. The van der Waals surface area contributed by atoms with Crippen LogP contribution in [0.15, 0.2) is 28.8 Å². The number of piperidine rings is 1. The summed E-state index contributed by atoms with van der Waals surface area (Å²) >= 11 is 2.00. The van der Waals surface area contributed by atoms with Gasteiger partial charge in [-0.15, -0.1) is 11.3 Å². The monoisotopic (exact) mass is 437 g/mol. The second-order valence-electron chi connectivity index (χ2n) is 8.88. The Morgan fingerprint density at radius 1 is 1.23 bits per heavy atom. The van der Waals surface area contributed by atoms with Gasteiger partial charge in [0.25, 0.3) is 0 Å². The molecule has 5 nitrogen and oxygen atoms in total. The topological polar surface area (TPSA) is 49.6 Å². The molecule has 0 aliphatic carbocycles. The summed E-state index contributed by atoms with van der Waals surface area (Å²) in [5, 5.41) is 5.57. The highest BCUT2D eigenvalue weighted by Crippen LogP contribution is 2.35. The molecule has 3 aromatic rings. The van der Waals surface area contributed by atoms with Crippen molar-refractivity contribution in [1.82, 2.24) is 15.0 Å². The fourth-order valence-corrected chi connectivity index (χ4v) is 6.66. The maximum atomic E-state index is 11.8. The van der Waals surface area contributed by atoms with Gasteiger partial charge in [0.15, 0.2) is 5.58 Å². The van der Waals surface area contributed by atoms with Crippen LogP contribution in [0.3, 0.4) is 0 Å². The van der Waals surface area contributed by atoms with Crippen LogP contribution in [0, 0.1) is 0 Å². The first-order valence-corrected chi connectivity index (χ1v) is 12.4. The van der Waals surface area contributed by atoms with E-state index in [1.165, 1.54) is 21.4 Å². The fourth-order valence-electron chi connectivity index (χ4n) is 5.27. The Morgan fingerprint density at radius 3 is 2.81 bits per heavy atom. The third-order valence-electron chi connectivity index (χ3n) is 7.08. The molecule has 1 saturated heterocycles. The van der Waals surface area contributed by atoms with Gasteiger partial charge >= 0.3 is 0 Å². The smallest absolute Gasteiger partial charge is 0.219 e. The standard InChI is InChI=1S/C25H31N3O2S/c1-3-19-21-16-28(17(2)29)15-11-24(21)31-23(19)10-14-27-12-8-18(9-13-27)25-20-6-4-5-7-22(20)30-26-25/h4-7,18H,3,8-16H2,1-2H3. The zero-order valence-corrected chi connectivity index (χ0v) is 19.3. The van der Waals surface area contributed by atoms with E-state index in [0.717, 1.165) is 76.1 Å². The summed E-state index contributed by atoms with van der Waals surface area (Å²) in [6.45, 7) is 8.99. The average Bonchev–Trinajstić information content (AvgIpc) is 3.38. The Morgan fingerprint density at radius 2 is 2.03 bits per heavy atom. The first-order chi connectivity index (χ1) is 15.1. The second kappa shape index (κ2) is 8.75. The minimum atomic E-state index is 0.197. The van der Waals surface area contributed by atoms with Crippen molar-refractivity contribution in [3.63, 3.8) is 0 Å². The molecule has 6 heteroatoms. The second-order valence-corrected chi connectivity index (χ2v) is 10.1. The molecular formula is C25H31N3O2S. The van der Waals surface area contributed by atoms with Crippen molar-refractivity contribution in [2.75, 3.05) is 26.2 Å². The van der Waals surface area contributed by atoms with Crippen LogP contribution in [0.25, 0.3) is 11.0 Å². The lowest BCUT2D eigenvalue weighted by Gasteiger charge is -2.31. The fraction of sp³-hybridized carbons (Fsp3) is 0.520. The van der Waals surface area contributed by atoms with Gasteiger partial charge in [0.2, 0.25) is 5.91 Å². The summed E-state index contributed by atoms with van der Waals surface area (Å²) in [5.41, 5.74) is 5.00. The first-order valence-electron chi connectivity index (χ1n) is 11.6. The van der Waals surface area contributed by atoms with Gasteiger partial charge in [-0.3, -0.25) is 4.79 Å². The predicted octanol–water partition coefficient (Wildman–Crippen LogP) is 4.78. The maximum absolute atomic E-state index is 11.8. The Hall–Kier alpha value is -2.18. The van der Waals surface area contributed by atoms with Crippen molar-refractivity contribution in [1.29, 1.82) is 0 Å². The van der Waals surface area contributed by atoms with Crippen molar-refractivity contribution >= 4 is 28.2 Å². The number of carbonyl (C=O) groups is 1. The number of hydrogen-bond donors (Lipinski definition) is 0. The molecule has 0 saturated carbocycles. The molecule has 164 valence electrons. The largest absolute Gasteiger partial charge is 0.356 e. The van der Waals surface area contributed by atoms with Crippen LogP contribution in [-0.4, -0.2) is 47.0 Å². The number of para-hydroxylation sites is 1. The van der Waals surface area contributed by atoms with Crippen LogP contribution in [0.1, 0.15) is 59.2 Å². The normalized spacial score (nSPS) is 17.9. The molecule has 1 aromatic carbocycles. The average molecular weight is 438 g/mol. The van der Waals surface area contributed by atoms with Crippen molar-refractivity contribution in [3.05, 3.63) is 50.8 Å². The number of fused-ring (bicyclic) bond motifs is 2. The summed E-state index contributed by atoms with van der Waals surface area (Å²) in [4.78, 5) is 19.5. The number of likely N-dealkylation sites (tertiary alicyclic amines) is 1. The summed E-state index contributed by atoms with van der Waals surface area (Å²) in [5.74, 6) is 0.695. The molecule has 0 radical (unpaired) electrons. The lowest BCUT2D eigenvalue weighted by Crippen LogP contribution is -2.34. The molecule has 2 aromatic heterocycles. The molecule has 0 bridgehead atoms. The first kappa shape index (κ1) is 20.7. The highest BCUT2D eigenvalue weighted by Gasteiger charge is 2.27. The van der Waals surface area contributed by atoms with E-state index in [4.69, 9.17) is 4.52 Å². The van der Waals surface area contributed by atoms with Gasteiger partial charge in [-0.2, -0.15) is 0 Å². The van der Waals surface area contributed by atoms with E-state index >= 15 is 0 Å². The number of rotatable bonds is 5. The molecule has 1 fully saturated rings. The number of aromatic nitrogens is 1. The highest BCUT2D eigenvalue weighted by molar-refractivity contribution is 7.12. The molecule has 2 aliphatic rings. The van der Waals surface area contributed by atoms with E-state index in [2.05, 4.69) is 29.1 Å². The van der Waals surface area contributed by atoms with Crippen LogP contribution in [0.5, 0.6) is 0 Å². The molecule has 1 amide bonds. The molecule has 2 aliphatic heterocycles. The number of carbonyl (C=O) groups excluding carboxylic acids is 1. The Bertz CT molecular complexity index is 1080. The van der Waals surface area contributed by atoms with Crippen molar-refractivity contribution in [2.24, 2.45) is 0 Å². The summed E-state index contributed by atoms with van der Waals surface area (Å²) < 4.78 is 5.54. The van der Waals surface area contributed by atoms with E-state index in [1.54, 1.807) is 11.8 Å². The molecular weight excluding hydrogens is 406 g/mol. The Labute approximate surface area is 188 Å². The number of hydrogen-bond acceptors (Lipinski definition) is 5. The van der Waals surface area contributed by atoms with Crippen LogP contribution >= 0.6 is 11.3 Å². The molecule has 0 N–H and O–H groups in total. The Kier molecular flexibility index (Phi) is 5.85. The SMILES string of the molecule is CCc1c(CCN2CCC(c3noc4ccccc34)CC2)sc2c1CN(C(C)=O)CC2. The van der Waals surface area contributed by atoms with E-state index in [9.17, 15) is 4.79 Å². The van der Waals surface area contributed by atoms with Gasteiger partial charge in [-0.05, 0) is 68.5 Å². The molecule has 0 spiro atoms. The zero-order chi connectivity index (χ0) is 21.4. The quantitative estimate of drug-likeness (QED) is 0.576. The minimum absolute atomic E-state index is 0.197. The molecule has 0 atom stereocenters. The minimum Gasteiger partial charge on any atom is -0.356 e. The van der Waals surface area contributed by atoms with Crippen LogP contribution in [-0.2, 0) is 30.6 Å². The predicted molar refractivity (Wildman–Crippen MR) is 125 cm³/mol. The van der Waals surface area contributed by atoms with Crippen molar-refractivity contribution in [2.45, 2.75) is 58.4 Å². The molecule has 5 rings (SSSR count). The van der Waals surface area contributed by atoms with Crippen molar-refractivity contribution < 1.29 is 9.32 Å². The highest BCUT2D eigenvalue weighted by atomic mass is 32.1. The van der Waals surface area contributed by atoms with Crippen LogP contribution in [0.4, 0.5) is 0 Å². The van der Waals surface area contributed by atoms with Gasteiger partial charge in [-0.25, -0.2) is 0 Å². The third kappa shape index (κ3) is 4.03. The Balaban J connectivity index is 1.21. The van der Waals surface area contributed by atoms with Gasteiger partial charge in [0.05, 0.1) is 5.69 Å². The lowest BCUT2D eigenvalue weighted by molar-refractivity contribution is -0.129. The lowest BCUT2D eigenvalue weighted by atomic mass is 9.91. The van der Waals surface area contributed by atoms with Gasteiger partial charge in [0.1, 0.15) is 0 Å². The zero-order valence-electron chi connectivity index (χ0n) is 18.5. The van der Waals surface area contributed by atoms with Gasteiger partial charge in [-0.1, -0.05) is 24.2 Å². The maximum Gasteiger partial charge on any atom is 0.219 e. The summed E-state index contributed by atoms with van der Waals surface area (Å²) in [7, 11) is 0. The van der Waals surface area contributed by atoms with E-state index < -0.39 is 0 Å². The molecule has 31 heavy (non-hydrogen) atoms.